The quantitative estimate of drug-likeness (QED) is 0.842. The Bertz CT molecular complexity index is 587. The molecule has 0 N–H and O–H groups in total. The van der Waals surface area contributed by atoms with E-state index >= 15 is 0 Å². The van der Waals surface area contributed by atoms with Crippen molar-refractivity contribution in [2.24, 2.45) is 5.41 Å². The topological polar surface area (TPSA) is 59.1 Å². The summed E-state index contributed by atoms with van der Waals surface area (Å²) in [7, 11) is 1.56. The third-order valence-electron chi connectivity index (χ3n) is 3.98. The van der Waals surface area contributed by atoms with E-state index in [9.17, 15) is 9.59 Å². The summed E-state index contributed by atoms with van der Waals surface area (Å²) in [6.45, 7) is 7.91. The molecule has 0 aliphatic carbocycles. The highest BCUT2D eigenvalue weighted by Crippen LogP contribution is 2.25. The van der Waals surface area contributed by atoms with Crippen molar-refractivity contribution in [1.29, 1.82) is 0 Å². The summed E-state index contributed by atoms with van der Waals surface area (Å²) in [5, 5.41) is 0. The number of hydrogen-bond donors (Lipinski definition) is 0. The van der Waals surface area contributed by atoms with Gasteiger partial charge in [-0.15, -0.1) is 0 Å². The minimum Gasteiger partial charge on any atom is -0.493 e. The lowest BCUT2D eigenvalue weighted by Gasteiger charge is -2.37. The fourth-order valence-corrected chi connectivity index (χ4v) is 2.60. The molecule has 0 spiro atoms. The van der Waals surface area contributed by atoms with Crippen molar-refractivity contribution in [3.63, 3.8) is 0 Å². The molecule has 1 aromatic carbocycles. The average Bonchev–Trinajstić information content (AvgIpc) is 2.58. The third-order valence-corrected chi connectivity index (χ3v) is 3.98. The highest BCUT2D eigenvalue weighted by atomic mass is 16.5. The van der Waals surface area contributed by atoms with Crippen LogP contribution in [0.25, 0.3) is 0 Å². The van der Waals surface area contributed by atoms with E-state index in [1.807, 2.05) is 37.8 Å². The normalized spacial score (nSPS) is 15.2. The van der Waals surface area contributed by atoms with Crippen LogP contribution >= 0.6 is 0 Å². The second-order valence-electron chi connectivity index (χ2n) is 6.86. The number of carbonyl (C=O) groups excluding carboxylic acids is 2. The molecular formula is C18H26N2O4. The zero-order chi connectivity index (χ0) is 17.7. The van der Waals surface area contributed by atoms with Gasteiger partial charge in [-0.3, -0.25) is 9.59 Å². The van der Waals surface area contributed by atoms with Crippen molar-refractivity contribution in [3.8, 4) is 11.5 Å². The minimum absolute atomic E-state index is 0.0341. The molecule has 0 aromatic heterocycles. The molecule has 24 heavy (non-hydrogen) atoms. The Balaban J connectivity index is 1.84. The molecule has 1 saturated heterocycles. The molecule has 0 bridgehead atoms. The van der Waals surface area contributed by atoms with Crippen LogP contribution in [0.15, 0.2) is 24.3 Å². The van der Waals surface area contributed by atoms with Crippen molar-refractivity contribution in [3.05, 3.63) is 24.3 Å². The number of carbonyl (C=O) groups is 2. The molecule has 1 aromatic rings. The van der Waals surface area contributed by atoms with E-state index in [0.717, 1.165) is 0 Å². The molecule has 1 aliphatic rings. The van der Waals surface area contributed by atoms with Gasteiger partial charge in [0.25, 0.3) is 5.91 Å². The number of rotatable bonds is 4. The molecule has 1 fully saturated rings. The van der Waals surface area contributed by atoms with Crippen LogP contribution in [0, 0.1) is 5.41 Å². The maximum Gasteiger partial charge on any atom is 0.260 e. The lowest BCUT2D eigenvalue weighted by atomic mass is 9.94. The van der Waals surface area contributed by atoms with E-state index in [0.29, 0.717) is 37.7 Å². The van der Waals surface area contributed by atoms with E-state index in [1.54, 1.807) is 24.1 Å². The van der Waals surface area contributed by atoms with E-state index in [2.05, 4.69) is 0 Å². The van der Waals surface area contributed by atoms with Crippen molar-refractivity contribution in [2.75, 3.05) is 39.9 Å². The van der Waals surface area contributed by atoms with Gasteiger partial charge in [-0.05, 0) is 12.1 Å². The molecule has 6 nitrogen and oxygen atoms in total. The van der Waals surface area contributed by atoms with Gasteiger partial charge >= 0.3 is 0 Å². The van der Waals surface area contributed by atoms with Gasteiger partial charge in [-0.2, -0.15) is 0 Å². The van der Waals surface area contributed by atoms with Crippen LogP contribution in [0.2, 0.25) is 0 Å². The second-order valence-corrected chi connectivity index (χ2v) is 6.86. The first kappa shape index (κ1) is 18.1. The minimum atomic E-state index is -0.390. The summed E-state index contributed by atoms with van der Waals surface area (Å²) in [6, 6.07) is 7.24. The Morgan fingerprint density at radius 3 is 2.08 bits per heavy atom. The Kier molecular flexibility index (Phi) is 5.70. The Morgan fingerprint density at radius 1 is 1.00 bits per heavy atom. The zero-order valence-electron chi connectivity index (χ0n) is 14.9. The molecule has 0 atom stereocenters. The number of nitrogens with zero attached hydrogens (tertiary/aromatic N) is 2. The molecule has 1 aliphatic heterocycles. The smallest absolute Gasteiger partial charge is 0.260 e. The van der Waals surface area contributed by atoms with Crippen LogP contribution in [0.1, 0.15) is 20.8 Å². The maximum absolute atomic E-state index is 12.3. The first-order chi connectivity index (χ1) is 11.3. The highest BCUT2D eigenvalue weighted by Gasteiger charge is 2.30. The number of benzene rings is 1. The van der Waals surface area contributed by atoms with E-state index in [1.165, 1.54) is 0 Å². The first-order valence-electron chi connectivity index (χ1n) is 8.16. The number of hydrogen-bond acceptors (Lipinski definition) is 4. The molecule has 6 heteroatoms. The van der Waals surface area contributed by atoms with Crippen LogP contribution in [0.5, 0.6) is 11.5 Å². The monoisotopic (exact) mass is 334 g/mol. The van der Waals surface area contributed by atoms with Gasteiger partial charge in [-0.25, -0.2) is 0 Å². The number of ether oxygens (including phenoxy) is 2. The van der Waals surface area contributed by atoms with Crippen LogP contribution < -0.4 is 9.47 Å². The number of methoxy groups -OCH3 is 1. The van der Waals surface area contributed by atoms with Gasteiger partial charge in [0.2, 0.25) is 5.91 Å². The lowest BCUT2D eigenvalue weighted by Crippen LogP contribution is -2.53. The molecular weight excluding hydrogens is 308 g/mol. The largest absolute Gasteiger partial charge is 0.493 e. The summed E-state index contributed by atoms with van der Waals surface area (Å²) in [6.07, 6.45) is 0. The standard InChI is InChI=1S/C18H26N2O4/c1-18(2,3)17(22)20-11-9-19(10-12-20)16(21)13-24-15-8-6-5-7-14(15)23-4/h5-8H,9-13H2,1-4H3. The number of para-hydroxylation sites is 2. The fraction of sp³-hybridized carbons (Fsp3) is 0.556. The summed E-state index contributed by atoms with van der Waals surface area (Å²) in [5.74, 6) is 1.20. The van der Waals surface area contributed by atoms with Crippen molar-refractivity contribution in [1.82, 2.24) is 9.80 Å². The van der Waals surface area contributed by atoms with Gasteiger partial charge in [0.1, 0.15) is 0 Å². The van der Waals surface area contributed by atoms with Crippen LogP contribution in [-0.2, 0) is 9.59 Å². The summed E-state index contributed by atoms with van der Waals surface area (Å²) in [5.41, 5.74) is -0.390. The molecule has 132 valence electrons. The third kappa shape index (κ3) is 4.40. The van der Waals surface area contributed by atoms with Crippen LogP contribution in [0.4, 0.5) is 0 Å². The fourth-order valence-electron chi connectivity index (χ4n) is 2.60. The molecule has 0 unspecified atom stereocenters. The SMILES string of the molecule is COc1ccccc1OCC(=O)N1CCN(C(=O)C(C)(C)C)CC1. The first-order valence-corrected chi connectivity index (χ1v) is 8.16. The van der Waals surface area contributed by atoms with Crippen molar-refractivity contribution >= 4 is 11.8 Å². The Morgan fingerprint density at radius 2 is 1.54 bits per heavy atom. The van der Waals surface area contributed by atoms with Crippen molar-refractivity contribution < 1.29 is 19.1 Å². The number of piperazine rings is 1. The lowest BCUT2D eigenvalue weighted by molar-refractivity contribution is -0.145. The van der Waals surface area contributed by atoms with Gasteiger partial charge < -0.3 is 19.3 Å². The zero-order valence-corrected chi connectivity index (χ0v) is 14.9. The Hall–Kier alpha value is -2.24. The molecule has 1 heterocycles. The summed E-state index contributed by atoms with van der Waals surface area (Å²) >= 11 is 0. The summed E-state index contributed by atoms with van der Waals surface area (Å²) < 4.78 is 10.8. The summed E-state index contributed by atoms with van der Waals surface area (Å²) in [4.78, 5) is 28.1. The van der Waals surface area contributed by atoms with Crippen molar-refractivity contribution in [2.45, 2.75) is 20.8 Å². The second kappa shape index (κ2) is 7.55. The average molecular weight is 334 g/mol. The van der Waals surface area contributed by atoms with E-state index in [-0.39, 0.29) is 23.8 Å². The molecule has 2 rings (SSSR count). The van der Waals surface area contributed by atoms with Gasteiger partial charge in [0.05, 0.1) is 7.11 Å². The molecule has 2 amide bonds. The van der Waals surface area contributed by atoms with E-state index in [4.69, 9.17) is 9.47 Å². The predicted octanol–water partition coefficient (Wildman–Crippen LogP) is 1.79. The molecule has 0 radical (unpaired) electrons. The highest BCUT2D eigenvalue weighted by molar-refractivity contribution is 5.82. The van der Waals surface area contributed by atoms with Gasteiger partial charge in [0, 0.05) is 31.6 Å². The van der Waals surface area contributed by atoms with E-state index < -0.39 is 0 Å². The predicted molar refractivity (Wildman–Crippen MR) is 91.1 cm³/mol. The number of amides is 2. The van der Waals surface area contributed by atoms with Crippen LogP contribution in [0.3, 0.4) is 0 Å². The Labute approximate surface area is 143 Å². The van der Waals surface area contributed by atoms with Crippen LogP contribution in [-0.4, -0.2) is 61.5 Å². The molecule has 0 saturated carbocycles. The maximum atomic E-state index is 12.3. The van der Waals surface area contributed by atoms with Gasteiger partial charge in [0.15, 0.2) is 18.1 Å². The van der Waals surface area contributed by atoms with Gasteiger partial charge in [-0.1, -0.05) is 32.9 Å².